The molecule has 0 atom stereocenters. The minimum Gasteiger partial charge on any atom is -0.351 e. The summed E-state index contributed by atoms with van der Waals surface area (Å²) < 4.78 is 0. The molecular formula is C24H23NO2. The number of ketones is 2. The van der Waals surface area contributed by atoms with Crippen LogP contribution >= 0.6 is 0 Å². The molecule has 136 valence electrons. The molecule has 5 rings (SSSR count). The van der Waals surface area contributed by atoms with Crippen LogP contribution in [-0.4, -0.2) is 23.5 Å². The first-order chi connectivity index (χ1) is 13.2. The molecule has 27 heavy (non-hydrogen) atoms. The fourth-order valence-corrected chi connectivity index (χ4v) is 5.17. The van der Waals surface area contributed by atoms with Crippen molar-refractivity contribution in [1.29, 1.82) is 0 Å². The Labute approximate surface area is 159 Å². The number of rotatable bonds is 1. The van der Waals surface area contributed by atoms with Gasteiger partial charge in [0.2, 0.25) is 0 Å². The topological polar surface area (TPSA) is 37.4 Å². The molecule has 0 unspecified atom stereocenters. The average molecular weight is 357 g/mol. The number of benzene rings is 2. The van der Waals surface area contributed by atoms with Crippen LogP contribution in [0.15, 0.2) is 65.0 Å². The fourth-order valence-electron chi connectivity index (χ4n) is 5.17. The molecule has 0 saturated heterocycles. The van der Waals surface area contributed by atoms with Gasteiger partial charge in [-0.05, 0) is 42.0 Å². The van der Waals surface area contributed by atoms with E-state index in [1.54, 1.807) is 0 Å². The third-order valence-corrected chi connectivity index (χ3v) is 6.38. The minimum absolute atomic E-state index is 0.210. The lowest BCUT2D eigenvalue weighted by Crippen LogP contribution is -2.37. The first kappa shape index (κ1) is 16.5. The van der Waals surface area contributed by atoms with Gasteiger partial charge in [-0.25, -0.2) is 0 Å². The van der Waals surface area contributed by atoms with Crippen molar-refractivity contribution in [1.82, 2.24) is 4.90 Å². The van der Waals surface area contributed by atoms with E-state index in [1.165, 1.54) is 0 Å². The van der Waals surface area contributed by atoms with Crippen LogP contribution in [0.2, 0.25) is 0 Å². The predicted octanol–water partition coefficient (Wildman–Crippen LogP) is 4.88. The number of hydrogen-bond donors (Lipinski definition) is 0. The summed E-state index contributed by atoms with van der Waals surface area (Å²) in [4.78, 5) is 28.3. The van der Waals surface area contributed by atoms with Gasteiger partial charge in [0, 0.05) is 48.3 Å². The molecule has 0 N–H and O–H groups in total. The van der Waals surface area contributed by atoms with E-state index >= 15 is 0 Å². The van der Waals surface area contributed by atoms with Crippen molar-refractivity contribution < 1.29 is 9.59 Å². The molecule has 3 aliphatic rings. The van der Waals surface area contributed by atoms with Gasteiger partial charge in [0.1, 0.15) is 0 Å². The third kappa shape index (κ3) is 2.41. The quantitative estimate of drug-likeness (QED) is 0.730. The number of allylic oxidation sites excluding steroid dienone is 4. The van der Waals surface area contributed by atoms with E-state index in [-0.39, 0.29) is 17.5 Å². The van der Waals surface area contributed by atoms with Gasteiger partial charge in [0.05, 0.1) is 0 Å². The summed E-state index contributed by atoms with van der Waals surface area (Å²) in [5, 5.41) is 2.30. The lowest BCUT2D eigenvalue weighted by Gasteiger charge is -2.42. The summed E-state index contributed by atoms with van der Waals surface area (Å²) >= 11 is 0. The van der Waals surface area contributed by atoms with Crippen LogP contribution in [0.3, 0.4) is 0 Å². The van der Waals surface area contributed by atoms with Crippen molar-refractivity contribution in [2.75, 3.05) is 7.05 Å². The van der Waals surface area contributed by atoms with Crippen LogP contribution in [0, 0.1) is 0 Å². The monoisotopic (exact) mass is 357 g/mol. The second kappa shape index (κ2) is 6.19. The molecule has 0 spiro atoms. The van der Waals surface area contributed by atoms with E-state index in [0.717, 1.165) is 64.6 Å². The smallest absolute Gasteiger partial charge is 0.161 e. The molecule has 2 aliphatic carbocycles. The Balaban J connectivity index is 1.83. The Morgan fingerprint density at radius 2 is 1.37 bits per heavy atom. The number of fused-ring (bicyclic) bond motifs is 1. The zero-order chi connectivity index (χ0) is 18.5. The van der Waals surface area contributed by atoms with Crippen LogP contribution in [0.1, 0.15) is 50.0 Å². The molecule has 2 aromatic rings. The van der Waals surface area contributed by atoms with Crippen LogP contribution in [-0.2, 0) is 9.59 Å². The van der Waals surface area contributed by atoms with Crippen molar-refractivity contribution in [2.45, 2.75) is 44.4 Å². The average Bonchev–Trinajstić information content (AvgIpc) is 2.69. The largest absolute Gasteiger partial charge is 0.351 e. The first-order valence-electron chi connectivity index (χ1n) is 9.90. The second-order valence-electron chi connectivity index (χ2n) is 7.83. The Morgan fingerprint density at radius 3 is 2.04 bits per heavy atom. The summed E-state index contributed by atoms with van der Waals surface area (Å²) in [6, 6.07) is 14.6. The van der Waals surface area contributed by atoms with E-state index in [4.69, 9.17) is 0 Å². The number of nitrogens with zero attached hydrogens (tertiary/aromatic N) is 1. The zero-order valence-electron chi connectivity index (χ0n) is 15.6. The maximum absolute atomic E-state index is 13.1. The number of Topliss-reactive ketones (excluding diaryl/α,β-unsaturated/α-hetero) is 2. The molecule has 0 saturated carbocycles. The zero-order valence-corrected chi connectivity index (χ0v) is 15.6. The predicted molar refractivity (Wildman–Crippen MR) is 106 cm³/mol. The molecule has 1 aliphatic heterocycles. The van der Waals surface area contributed by atoms with Crippen LogP contribution in [0.25, 0.3) is 10.8 Å². The summed E-state index contributed by atoms with van der Waals surface area (Å²) in [6.45, 7) is 0. The van der Waals surface area contributed by atoms with E-state index in [9.17, 15) is 9.59 Å². The Hall–Kier alpha value is -2.68. The molecule has 3 heteroatoms. The highest BCUT2D eigenvalue weighted by Crippen LogP contribution is 2.49. The summed E-state index contributed by atoms with van der Waals surface area (Å²) in [7, 11) is 2.04. The summed E-state index contributed by atoms with van der Waals surface area (Å²) in [6.07, 6.45) is 4.82. The Bertz CT molecular complexity index is 994. The second-order valence-corrected chi connectivity index (χ2v) is 7.83. The van der Waals surface area contributed by atoms with E-state index in [1.807, 2.05) is 19.2 Å². The molecule has 1 heterocycles. The van der Waals surface area contributed by atoms with Gasteiger partial charge >= 0.3 is 0 Å². The molecule has 3 nitrogen and oxygen atoms in total. The van der Waals surface area contributed by atoms with Gasteiger partial charge in [-0.2, -0.15) is 0 Å². The molecule has 0 bridgehead atoms. The lowest BCUT2D eigenvalue weighted by atomic mass is 9.70. The van der Waals surface area contributed by atoms with Gasteiger partial charge in [-0.1, -0.05) is 42.5 Å². The highest BCUT2D eigenvalue weighted by atomic mass is 16.1. The SMILES string of the molecule is CN1C2=C(C(=O)CCC2)C(c2cccc3ccccc23)C2=C1CCCC2=O. The van der Waals surface area contributed by atoms with E-state index in [2.05, 4.69) is 35.2 Å². The molecule has 0 fully saturated rings. The number of hydrogen-bond acceptors (Lipinski definition) is 3. The Morgan fingerprint density at radius 1 is 0.778 bits per heavy atom. The molecule has 0 aromatic heterocycles. The van der Waals surface area contributed by atoms with Crippen molar-refractivity contribution in [3.05, 3.63) is 70.6 Å². The van der Waals surface area contributed by atoms with Crippen molar-refractivity contribution in [2.24, 2.45) is 0 Å². The van der Waals surface area contributed by atoms with Gasteiger partial charge < -0.3 is 4.90 Å². The fraction of sp³-hybridized carbons (Fsp3) is 0.333. The maximum Gasteiger partial charge on any atom is 0.161 e. The van der Waals surface area contributed by atoms with Crippen molar-refractivity contribution >= 4 is 22.3 Å². The third-order valence-electron chi connectivity index (χ3n) is 6.38. The highest BCUT2D eigenvalue weighted by Gasteiger charge is 2.42. The number of carbonyl (C=O) groups excluding carboxylic acids is 2. The van der Waals surface area contributed by atoms with Crippen molar-refractivity contribution in [3.8, 4) is 0 Å². The van der Waals surface area contributed by atoms with Crippen LogP contribution in [0.4, 0.5) is 0 Å². The van der Waals surface area contributed by atoms with Gasteiger partial charge in [0.15, 0.2) is 11.6 Å². The minimum atomic E-state index is -0.210. The van der Waals surface area contributed by atoms with Crippen molar-refractivity contribution in [3.63, 3.8) is 0 Å². The number of carbonyl (C=O) groups is 2. The molecule has 0 radical (unpaired) electrons. The summed E-state index contributed by atoms with van der Waals surface area (Å²) in [5.74, 6) is 0.217. The van der Waals surface area contributed by atoms with Crippen LogP contribution < -0.4 is 0 Å². The van der Waals surface area contributed by atoms with Gasteiger partial charge in [0.25, 0.3) is 0 Å². The van der Waals surface area contributed by atoms with Crippen LogP contribution in [0.5, 0.6) is 0 Å². The maximum atomic E-state index is 13.1. The van der Waals surface area contributed by atoms with E-state index in [0.29, 0.717) is 12.8 Å². The summed E-state index contributed by atoms with van der Waals surface area (Å²) in [5.41, 5.74) is 5.12. The van der Waals surface area contributed by atoms with E-state index < -0.39 is 0 Å². The normalized spacial score (nSPS) is 21.0. The highest BCUT2D eigenvalue weighted by molar-refractivity contribution is 6.07. The van der Waals surface area contributed by atoms with Gasteiger partial charge in [-0.15, -0.1) is 0 Å². The molecule has 0 amide bonds. The molecular weight excluding hydrogens is 334 g/mol. The first-order valence-corrected chi connectivity index (χ1v) is 9.90. The molecule has 2 aromatic carbocycles. The lowest BCUT2D eigenvalue weighted by molar-refractivity contribution is -0.117. The Kier molecular flexibility index (Phi) is 3.78. The standard InChI is InChI=1S/C24H23NO2/c1-25-18-11-5-13-20(26)23(18)22(24-19(25)12-6-14-21(24)27)17-10-4-8-15-7-2-3-9-16(15)17/h2-4,7-10,22H,5-6,11-14H2,1H3. The van der Waals surface area contributed by atoms with Gasteiger partial charge in [-0.3, -0.25) is 9.59 Å².